The summed E-state index contributed by atoms with van der Waals surface area (Å²) in [6.45, 7) is 3.42. The summed E-state index contributed by atoms with van der Waals surface area (Å²) < 4.78 is 13.7. The molecule has 148 valence electrons. The largest absolute Gasteiger partial charge is 0.466 e. The van der Waals surface area contributed by atoms with Gasteiger partial charge in [0.2, 0.25) is 0 Å². The van der Waals surface area contributed by atoms with Gasteiger partial charge in [0.1, 0.15) is 10.8 Å². The van der Waals surface area contributed by atoms with Gasteiger partial charge in [-0.3, -0.25) is 0 Å². The van der Waals surface area contributed by atoms with Gasteiger partial charge in [0, 0.05) is 30.8 Å². The number of methoxy groups -OCH3 is 1. The minimum absolute atomic E-state index is 0.230. The molecule has 1 aromatic heterocycles. The first-order valence-electron chi connectivity index (χ1n) is 8.79. The zero-order valence-electron chi connectivity index (χ0n) is 16.0. The number of ether oxygens (including phenoxy) is 2. The number of aryl methyl sites for hydroxylation is 1. The first kappa shape index (κ1) is 21.5. The second kappa shape index (κ2) is 10.0. The molecule has 0 radical (unpaired) electrons. The summed E-state index contributed by atoms with van der Waals surface area (Å²) >= 11 is 7.67. The average molecular weight is 573 g/mol. The van der Waals surface area contributed by atoms with Crippen LogP contribution in [0, 0.1) is 6.92 Å². The molecule has 0 saturated heterocycles. The van der Waals surface area contributed by atoms with E-state index in [0.29, 0.717) is 0 Å². The van der Waals surface area contributed by atoms with Crippen molar-refractivity contribution in [2.45, 2.75) is 6.92 Å². The maximum absolute atomic E-state index is 5.49. The zero-order chi connectivity index (χ0) is 20.1. The zero-order valence-corrected chi connectivity index (χ0v) is 20.6. The highest BCUT2D eigenvalue weighted by molar-refractivity contribution is 14.1. The first-order valence-corrected chi connectivity index (χ1v) is 11.9. The topological polar surface area (TPSA) is 34.6 Å². The predicted octanol–water partition coefficient (Wildman–Crippen LogP) is 6.39. The molecule has 0 aliphatic carbocycles. The summed E-state index contributed by atoms with van der Waals surface area (Å²) in [6, 6.07) is 10.4. The van der Waals surface area contributed by atoms with Gasteiger partial charge in [-0.2, -0.15) is 0 Å². The standard InChI is InChI=1S/C21H22BrIN2O2S/c1-14-10-17-20(12-18(14)25(2)9-8-23)28-21(24-17)7-5-15-4-6-19(16(22)11-15)27-13-26-3/h4-7,10-12H,8-9,13H2,1-3H3. The Bertz CT molecular complexity index is 990. The SMILES string of the molecule is COCOc1ccc(C=Cc2nc3cc(C)c(N(C)CCI)cc3s2)cc1Br. The summed E-state index contributed by atoms with van der Waals surface area (Å²) in [7, 11) is 3.75. The molecule has 0 atom stereocenters. The number of hydrogen-bond acceptors (Lipinski definition) is 5. The molecule has 0 spiro atoms. The summed E-state index contributed by atoms with van der Waals surface area (Å²) in [5, 5.41) is 0.999. The minimum Gasteiger partial charge on any atom is -0.466 e. The van der Waals surface area contributed by atoms with Crippen LogP contribution in [0.4, 0.5) is 5.69 Å². The average Bonchev–Trinajstić information content (AvgIpc) is 3.06. The fourth-order valence-electron chi connectivity index (χ4n) is 2.84. The van der Waals surface area contributed by atoms with Gasteiger partial charge in [-0.15, -0.1) is 11.3 Å². The van der Waals surface area contributed by atoms with Crippen molar-refractivity contribution in [2.24, 2.45) is 0 Å². The van der Waals surface area contributed by atoms with Gasteiger partial charge in [-0.1, -0.05) is 34.7 Å². The fraction of sp³-hybridized carbons (Fsp3) is 0.286. The van der Waals surface area contributed by atoms with Crippen LogP contribution < -0.4 is 9.64 Å². The Labute approximate surface area is 191 Å². The van der Waals surface area contributed by atoms with Crippen LogP contribution in [-0.4, -0.2) is 36.9 Å². The molecule has 7 heteroatoms. The molecule has 1 heterocycles. The second-order valence-electron chi connectivity index (χ2n) is 6.34. The van der Waals surface area contributed by atoms with E-state index in [1.807, 2.05) is 18.2 Å². The van der Waals surface area contributed by atoms with E-state index >= 15 is 0 Å². The van der Waals surface area contributed by atoms with Crippen molar-refractivity contribution >= 4 is 77.9 Å². The Morgan fingerprint density at radius 3 is 2.79 bits per heavy atom. The van der Waals surface area contributed by atoms with Crippen molar-refractivity contribution in [3.63, 3.8) is 0 Å². The highest BCUT2D eigenvalue weighted by Gasteiger charge is 2.09. The van der Waals surface area contributed by atoms with Crippen LogP contribution >= 0.6 is 49.9 Å². The normalized spacial score (nSPS) is 11.5. The van der Waals surface area contributed by atoms with Gasteiger partial charge >= 0.3 is 0 Å². The Morgan fingerprint density at radius 1 is 1.25 bits per heavy atom. The molecule has 0 N–H and O–H groups in total. The van der Waals surface area contributed by atoms with E-state index in [-0.39, 0.29) is 6.79 Å². The Balaban J connectivity index is 1.81. The molecule has 0 fully saturated rings. The summed E-state index contributed by atoms with van der Waals surface area (Å²) in [5.41, 5.74) is 4.67. The highest BCUT2D eigenvalue weighted by atomic mass is 127. The van der Waals surface area contributed by atoms with Gasteiger partial charge in [-0.25, -0.2) is 4.98 Å². The molecule has 3 aromatic rings. The lowest BCUT2D eigenvalue weighted by Crippen LogP contribution is -2.20. The first-order chi connectivity index (χ1) is 13.5. The van der Waals surface area contributed by atoms with Crippen LogP contribution in [0.3, 0.4) is 0 Å². The summed E-state index contributed by atoms with van der Waals surface area (Å²) in [4.78, 5) is 7.08. The third-order valence-corrected chi connectivity index (χ3v) is 6.35. The number of aromatic nitrogens is 1. The van der Waals surface area contributed by atoms with Crippen molar-refractivity contribution < 1.29 is 9.47 Å². The van der Waals surface area contributed by atoms with Gasteiger partial charge < -0.3 is 14.4 Å². The predicted molar refractivity (Wildman–Crippen MR) is 132 cm³/mol. The van der Waals surface area contributed by atoms with E-state index in [2.05, 4.69) is 81.7 Å². The van der Waals surface area contributed by atoms with E-state index in [9.17, 15) is 0 Å². The number of nitrogens with zero attached hydrogens (tertiary/aromatic N) is 2. The van der Waals surface area contributed by atoms with Crippen molar-refractivity contribution in [3.05, 3.63) is 50.9 Å². The van der Waals surface area contributed by atoms with Crippen LogP contribution in [0.15, 0.2) is 34.8 Å². The fourth-order valence-corrected chi connectivity index (χ4v) is 4.96. The van der Waals surface area contributed by atoms with Crippen LogP contribution in [0.25, 0.3) is 22.4 Å². The third kappa shape index (κ3) is 5.25. The molecule has 0 aliphatic heterocycles. The van der Waals surface area contributed by atoms with Crippen molar-refractivity contribution in [1.82, 2.24) is 4.98 Å². The van der Waals surface area contributed by atoms with Crippen LogP contribution in [0.2, 0.25) is 0 Å². The Kier molecular flexibility index (Phi) is 7.73. The maximum Gasteiger partial charge on any atom is 0.188 e. The number of fused-ring (bicyclic) bond motifs is 1. The number of halogens is 2. The van der Waals surface area contributed by atoms with Crippen LogP contribution in [0.1, 0.15) is 16.1 Å². The molecule has 0 amide bonds. The number of hydrogen-bond donors (Lipinski definition) is 0. The molecule has 0 bridgehead atoms. The second-order valence-corrected chi connectivity index (χ2v) is 9.34. The van der Waals surface area contributed by atoms with Crippen LogP contribution in [-0.2, 0) is 4.74 Å². The molecular formula is C21H22BrIN2O2S. The molecule has 0 unspecified atom stereocenters. The lowest BCUT2D eigenvalue weighted by atomic mass is 10.1. The van der Waals surface area contributed by atoms with Gasteiger partial charge in [0.25, 0.3) is 0 Å². The monoisotopic (exact) mass is 572 g/mol. The Hall–Kier alpha value is -1.16. The van der Waals surface area contributed by atoms with E-state index in [1.165, 1.54) is 16.0 Å². The number of benzene rings is 2. The molecule has 4 nitrogen and oxygen atoms in total. The van der Waals surface area contributed by atoms with Gasteiger partial charge in [0.15, 0.2) is 6.79 Å². The van der Waals surface area contributed by atoms with E-state index in [1.54, 1.807) is 18.4 Å². The molecular weight excluding hydrogens is 551 g/mol. The van der Waals surface area contributed by atoms with E-state index in [4.69, 9.17) is 14.5 Å². The van der Waals surface area contributed by atoms with Gasteiger partial charge in [0.05, 0.1) is 14.7 Å². The highest BCUT2D eigenvalue weighted by Crippen LogP contribution is 2.31. The lowest BCUT2D eigenvalue weighted by Gasteiger charge is -2.20. The van der Waals surface area contributed by atoms with Crippen LogP contribution in [0.5, 0.6) is 5.75 Å². The van der Waals surface area contributed by atoms with E-state index in [0.717, 1.165) is 37.3 Å². The van der Waals surface area contributed by atoms with Crippen molar-refractivity contribution in [3.8, 4) is 5.75 Å². The smallest absolute Gasteiger partial charge is 0.188 e. The van der Waals surface area contributed by atoms with Gasteiger partial charge in [-0.05, 0) is 64.3 Å². The maximum atomic E-state index is 5.49. The molecule has 2 aromatic carbocycles. The quantitative estimate of drug-likeness (QED) is 0.178. The molecule has 0 saturated carbocycles. The molecule has 0 aliphatic rings. The minimum atomic E-state index is 0.230. The number of anilines is 1. The third-order valence-electron chi connectivity index (χ3n) is 4.26. The lowest BCUT2D eigenvalue weighted by molar-refractivity contribution is 0.0506. The summed E-state index contributed by atoms with van der Waals surface area (Å²) in [5.74, 6) is 0.762. The molecule has 3 rings (SSSR count). The number of rotatable bonds is 8. The number of thiazole rings is 1. The summed E-state index contributed by atoms with van der Waals surface area (Å²) in [6.07, 6.45) is 4.13. The Morgan fingerprint density at radius 2 is 2.07 bits per heavy atom. The number of alkyl halides is 1. The van der Waals surface area contributed by atoms with E-state index < -0.39 is 0 Å². The van der Waals surface area contributed by atoms with Crippen molar-refractivity contribution in [2.75, 3.05) is 36.8 Å². The molecule has 28 heavy (non-hydrogen) atoms. The van der Waals surface area contributed by atoms with Crippen molar-refractivity contribution in [1.29, 1.82) is 0 Å².